The molecule has 0 radical (unpaired) electrons. The molecule has 1 heterocycles. The van der Waals surface area contributed by atoms with Crippen LogP contribution in [0.2, 0.25) is 0 Å². The van der Waals surface area contributed by atoms with E-state index in [4.69, 9.17) is 11.5 Å². The molecule has 1 aliphatic heterocycles. The SMILES string of the molecule is CCC(C)C(NC(=O)C(N)Cc1ccc(O)cc1)C(=O)N1CCCC1C(=O)NC(CCCCN)C(=O)O. The number of benzene rings is 1. The van der Waals surface area contributed by atoms with Gasteiger partial charge in [-0.15, -0.1) is 0 Å². The Balaban J connectivity index is 2.09. The lowest BCUT2D eigenvalue weighted by Gasteiger charge is -2.32. The van der Waals surface area contributed by atoms with Crippen molar-refractivity contribution >= 4 is 23.7 Å². The number of amides is 3. The smallest absolute Gasteiger partial charge is 0.326 e. The van der Waals surface area contributed by atoms with Crippen molar-refractivity contribution in [3.63, 3.8) is 0 Å². The van der Waals surface area contributed by atoms with E-state index in [1.165, 1.54) is 17.0 Å². The minimum absolute atomic E-state index is 0.110. The summed E-state index contributed by atoms with van der Waals surface area (Å²) in [5, 5.41) is 24.3. The number of hydrogen-bond acceptors (Lipinski definition) is 7. The van der Waals surface area contributed by atoms with Crippen molar-refractivity contribution in [2.75, 3.05) is 13.1 Å². The van der Waals surface area contributed by atoms with E-state index in [0.29, 0.717) is 45.2 Å². The van der Waals surface area contributed by atoms with Gasteiger partial charge >= 0.3 is 5.97 Å². The molecule has 0 aromatic heterocycles. The summed E-state index contributed by atoms with van der Waals surface area (Å²) in [6.45, 7) is 4.52. The maximum absolute atomic E-state index is 13.6. The Morgan fingerprint density at radius 2 is 1.81 bits per heavy atom. The predicted molar refractivity (Wildman–Crippen MR) is 138 cm³/mol. The molecule has 1 aromatic carbocycles. The molecule has 0 aliphatic carbocycles. The number of nitrogens with two attached hydrogens (primary N) is 2. The zero-order valence-corrected chi connectivity index (χ0v) is 21.7. The first-order valence-electron chi connectivity index (χ1n) is 13.0. The number of likely N-dealkylation sites (tertiary alicyclic amines) is 1. The molecular weight excluding hydrogens is 478 g/mol. The van der Waals surface area contributed by atoms with Crippen molar-refractivity contribution in [1.29, 1.82) is 0 Å². The van der Waals surface area contributed by atoms with Crippen LogP contribution >= 0.6 is 0 Å². The van der Waals surface area contributed by atoms with Gasteiger partial charge in [-0.25, -0.2) is 4.79 Å². The highest BCUT2D eigenvalue weighted by atomic mass is 16.4. The highest BCUT2D eigenvalue weighted by molar-refractivity contribution is 5.94. The van der Waals surface area contributed by atoms with E-state index in [1.54, 1.807) is 12.1 Å². The van der Waals surface area contributed by atoms with Crippen LogP contribution in [0.5, 0.6) is 5.75 Å². The molecule has 5 unspecified atom stereocenters. The standard InChI is InChI=1S/C26H41N5O6/c1-3-16(2)22(30-23(33)19(28)15-17-9-11-18(32)12-10-17)25(35)31-14-6-8-21(31)24(34)29-20(26(36)37)7-4-5-13-27/h9-12,16,19-22,32H,3-8,13-15,27-28H2,1-2H3,(H,29,34)(H,30,33)(H,36,37). The van der Waals surface area contributed by atoms with E-state index in [2.05, 4.69) is 10.6 Å². The van der Waals surface area contributed by atoms with Crippen LogP contribution < -0.4 is 22.1 Å². The molecule has 3 amide bonds. The van der Waals surface area contributed by atoms with Crippen LogP contribution in [0.25, 0.3) is 0 Å². The summed E-state index contributed by atoms with van der Waals surface area (Å²) >= 11 is 0. The number of phenolic OH excluding ortho intramolecular Hbond substituents is 1. The Kier molecular flexibility index (Phi) is 11.8. The van der Waals surface area contributed by atoms with Crippen LogP contribution in [0.4, 0.5) is 0 Å². The number of carbonyl (C=O) groups is 4. The van der Waals surface area contributed by atoms with Crippen molar-refractivity contribution in [3.05, 3.63) is 29.8 Å². The average molecular weight is 520 g/mol. The number of rotatable bonds is 14. The predicted octanol–water partition coefficient (Wildman–Crippen LogP) is 0.482. The van der Waals surface area contributed by atoms with Gasteiger partial charge in [-0.3, -0.25) is 14.4 Å². The van der Waals surface area contributed by atoms with Crippen LogP contribution in [0, 0.1) is 5.92 Å². The Labute approximate surface area is 217 Å². The molecule has 1 saturated heterocycles. The zero-order chi connectivity index (χ0) is 27.5. The van der Waals surface area contributed by atoms with Gasteiger partial charge in [0.25, 0.3) is 0 Å². The van der Waals surface area contributed by atoms with Gasteiger partial charge in [0.1, 0.15) is 23.9 Å². The van der Waals surface area contributed by atoms with Gasteiger partial charge in [0.2, 0.25) is 17.7 Å². The normalized spacial score (nSPS) is 18.5. The highest BCUT2D eigenvalue weighted by Gasteiger charge is 2.40. The van der Waals surface area contributed by atoms with Crippen molar-refractivity contribution in [2.45, 2.75) is 83.0 Å². The van der Waals surface area contributed by atoms with Gasteiger partial charge in [-0.05, 0) is 68.7 Å². The largest absolute Gasteiger partial charge is 0.508 e. The number of phenols is 1. The van der Waals surface area contributed by atoms with E-state index in [1.807, 2.05) is 13.8 Å². The number of carbonyl (C=O) groups excluding carboxylic acids is 3. The molecule has 1 aliphatic rings. The third-order valence-electron chi connectivity index (χ3n) is 6.91. The van der Waals surface area contributed by atoms with Crippen LogP contribution in [-0.2, 0) is 25.6 Å². The summed E-state index contributed by atoms with van der Waals surface area (Å²) in [4.78, 5) is 52.6. The second-order valence-corrected chi connectivity index (χ2v) is 9.72. The highest BCUT2D eigenvalue weighted by Crippen LogP contribution is 2.22. The van der Waals surface area contributed by atoms with Gasteiger partial charge in [-0.2, -0.15) is 0 Å². The van der Waals surface area contributed by atoms with Crippen molar-refractivity contribution < 1.29 is 29.4 Å². The first-order valence-corrected chi connectivity index (χ1v) is 13.0. The van der Waals surface area contributed by atoms with Crippen LogP contribution in [-0.4, -0.2) is 76.1 Å². The van der Waals surface area contributed by atoms with Crippen LogP contribution in [0.15, 0.2) is 24.3 Å². The Bertz CT molecular complexity index is 925. The van der Waals surface area contributed by atoms with Gasteiger partial charge in [0, 0.05) is 6.54 Å². The number of aliphatic carboxylic acids is 1. The molecule has 5 atom stereocenters. The number of nitrogens with one attached hydrogen (secondary N) is 2. The molecule has 0 bridgehead atoms. The summed E-state index contributed by atoms with van der Waals surface area (Å²) in [6, 6.07) is 2.72. The second-order valence-electron chi connectivity index (χ2n) is 9.72. The van der Waals surface area contributed by atoms with Gasteiger partial charge in [0.15, 0.2) is 0 Å². The quantitative estimate of drug-likeness (QED) is 0.191. The lowest BCUT2D eigenvalue weighted by atomic mass is 9.96. The van der Waals surface area contributed by atoms with Gasteiger partial charge < -0.3 is 37.2 Å². The number of carboxylic acid groups (broad SMARTS) is 1. The molecule has 11 nitrogen and oxygen atoms in total. The number of aromatic hydroxyl groups is 1. The second kappa shape index (κ2) is 14.5. The van der Waals surface area contributed by atoms with E-state index >= 15 is 0 Å². The average Bonchev–Trinajstić information content (AvgIpc) is 3.37. The molecule has 8 N–H and O–H groups in total. The summed E-state index contributed by atoms with van der Waals surface area (Å²) in [5.41, 5.74) is 12.4. The maximum atomic E-state index is 13.6. The molecule has 0 spiro atoms. The summed E-state index contributed by atoms with van der Waals surface area (Å²) in [6.07, 6.45) is 3.31. The number of carboxylic acids is 1. The van der Waals surface area contributed by atoms with Crippen LogP contribution in [0.3, 0.4) is 0 Å². The van der Waals surface area contributed by atoms with Crippen molar-refractivity contribution in [1.82, 2.24) is 15.5 Å². The molecule has 1 aromatic rings. The molecule has 2 rings (SSSR count). The number of hydrogen-bond donors (Lipinski definition) is 6. The minimum atomic E-state index is -1.13. The van der Waals surface area contributed by atoms with Crippen LogP contribution in [0.1, 0.15) is 57.9 Å². The lowest BCUT2D eigenvalue weighted by molar-refractivity contribution is -0.145. The van der Waals surface area contributed by atoms with Crippen molar-refractivity contribution in [3.8, 4) is 5.75 Å². The molecular formula is C26H41N5O6. The fraction of sp³-hybridized carbons (Fsp3) is 0.615. The Morgan fingerprint density at radius 1 is 1.14 bits per heavy atom. The van der Waals surface area contributed by atoms with E-state index in [0.717, 1.165) is 5.56 Å². The molecule has 1 fully saturated rings. The van der Waals surface area contributed by atoms with E-state index in [-0.39, 0.29) is 30.4 Å². The maximum Gasteiger partial charge on any atom is 0.326 e. The third kappa shape index (κ3) is 8.71. The van der Waals surface area contributed by atoms with Gasteiger partial charge in [-0.1, -0.05) is 32.4 Å². The topological polar surface area (TPSA) is 188 Å². The lowest BCUT2D eigenvalue weighted by Crippen LogP contribution is -2.58. The fourth-order valence-electron chi connectivity index (χ4n) is 4.42. The Morgan fingerprint density at radius 3 is 2.41 bits per heavy atom. The van der Waals surface area contributed by atoms with E-state index in [9.17, 15) is 29.4 Å². The first-order chi connectivity index (χ1) is 17.6. The summed E-state index contributed by atoms with van der Waals surface area (Å²) in [5.74, 6) is -2.62. The third-order valence-corrected chi connectivity index (χ3v) is 6.91. The number of nitrogens with zero attached hydrogens (tertiary/aromatic N) is 1. The molecule has 206 valence electrons. The summed E-state index contributed by atoms with van der Waals surface area (Å²) < 4.78 is 0. The van der Waals surface area contributed by atoms with Crippen molar-refractivity contribution in [2.24, 2.45) is 17.4 Å². The molecule has 0 saturated carbocycles. The molecule has 11 heteroatoms. The number of unbranched alkanes of at least 4 members (excludes halogenated alkanes) is 1. The van der Waals surface area contributed by atoms with E-state index < -0.39 is 42.0 Å². The Hall–Kier alpha value is -3.18. The van der Waals surface area contributed by atoms with Gasteiger partial charge in [0.05, 0.1) is 6.04 Å². The zero-order valence-electron chi connectivity index (χ0n) is 21.7. The summed E-state index contributed by atoms with van der Waals surface area (Å²) in [7, 11) is 0. The fourth-order valence-corrected chi connectivity index (χ4v) is 4.42. The monoisotopic (exact) mass is 519 g/mol. The minimum Gasteiger partial charge on any atom is -0.508 e. The first kappa shape index (κ1) is 30.0. The molecule has 37 heavy (non-hydrogen) atoms.